The van der Waals surface area contributed by atoms with Crippen LogP contribution in [0.5, 0.6) is 0 Å². The van der Waals surface area contributed by atoms with Crippen LogP contribution in [0.2, 0.25) is 0 Å². The molecule has 0 bridgehead atoms. The van der Waals surface area contributed by atoms with Gasteiger partial charge in [0.15, 0.2) is 0 Å². The predicted molar refractivity (Wildman–Crippen MR) is 150 cm³/mol. The summed E-state index contributed by atoms with van der Waals surface area (Å²) in [5.74, 6) is 0. The van der Waals surface area contributed by atoms with Crippen molar-refractivity contribution in [1.29, 1.82) is 0 Å². The van der Waals surface area contributed by atoms with E-state index in [9.17, 15) is 0 Å². The van der Waals surface area contributed by atoms with Gasteiger partial charge in [-0.1, -0.05) is 101 Å². The third kappa shape index (κ3) is 18.1. The van der Waals surface area contributed by atoms with Gasteiger partial charge in [-0.25, -0.2) is 0 Å². The van der Waals surface area contributed by atoms with E-state index < -0.39 is 0 Å². The summed E-state index contributed by atoms with van der Waals surface area (Å²) in [6, 6.07) is 10.5. The Balaban J connectivity index is 0.000000365. The molecular weight excluding hydrogens is 418 g/mol. The maximum Gasteiger partial charge on any atom is 0.0713 e. The lowest BCUT2D eigenvalue weighted by molar-refractivity contribution is 0.171. The van der Waals surface area contributed by atoms with Crippen molar-refractivity contribution in [3.8, 4) is 0 Å². The Bertz CT molecular complexity index is 551. The molecule has 5 N–H and O–H groups in total. The predicted octanol–water partition coefficient (Wildman–Crippen LogP) is 5.39. The second-order valence-corrected chi connectivity index (χ2v) is 9.52. The minimum Gasteiger partial charge on any atom is -0.315 e. The summed E-state index contributed by atoms with van der Waals surface area (Å²) in [4.78, 5) is 2.28. The average molecular weight is 474 g/mol. The molecule has 0 saturated carbocycles. The normalized spacial score (nSPS) is 18.2. The van der Waals surface area contributed by atoms with Crippen molar-refractivity contribution in [2.75, 3.05) is 39.4 Å². The summed E-state index contributed by atoms with van der Waals surface area (Å²) >= 11 is 0. The summed E-state index contributed by atoms with van der Waals surface area (Å²) in [5.41, 5.74) is 7.62. The van der Waals surface area contributed by atoms with Crippen LogP contribution in [0.25, 0.3) is 0 Å². The van der Waals surface area contributed by atoms with Crippen molar-refractivity contribution in [2.45, 2.75) is 96.7 Å². The van der Waals surface area contributed by atoms with Crippen molar-refractivity contribution in [1.82, 2.24) is 20.9 Å². The van der Waals surface area contributed by atoms with Crippen LogP contribution in [0.1, 0.15) is 89.5 Å². The number of unbranched alkanes of at least 4 members (excludes halogenated alkanes) is 10. The third-order valence-electron chi connectivity index (χ3n) is 6.31. The molecule has 1 atom stereocenters. The van der Waals surface area contributed by atoms with Gasteiger partial charge in [-0.15, -0.1) is 6.58 Å². The van der Waals surface area contributed by atoms with Gasteiger partial charge in [0.2, 0.25) is 0 Å². The van der Waals surface area contributed by atoms with Crippen molar-refractivity contribution in [3.63, 3.8) is 0 Å². The average Bonchev–Trinajstić information content (AvgIpc) is 2.85. The van der Waals surface area contributed by atoms with E-state index in [-0.39, 0.29) is 6.17 Å². The van der Waals surface area contributed by atoms with Gasteiger partial charge in [-0.2, -0.15) is 0 Å². The number of nitrogens with two attached hydrogens (primary N) is 1. The van der Waals surface area contributed by atoms with E-state index >= 15 is 0 Å². The van der Waals surface area contributed by atoms with Crippen LogP contribution in [0, 0.1) is 0 Å². The molecule has 196 valence electrons. The molecular formula is C29H55N5. The van der Waals surface area contributed by atoms with E-state index in [1.165, 1.54) is 76.2 Å². The molecule has 1 fully saturated rings. The molecule has 5 heteroatoms. The summed E-state index contributed by atoms with van der Waals surface area (Å²) in [6.07, 6.45) is 18.7. The molecule has 1 aromatic carbocycles. The molecule has 1 heterocycles. The van der Waals surface area contributed by atoms with Crippen LogP contribution >= 0.6 is 0 Å². The van der Waals surface area contributed by atoms with Crippen LogP contribution < -0.4 is 21.7 Å². The lowest BCUT2D eigenvalue weighted by atomic mass is 10.1. The van der Waals surface area contributed by atoms with Crippen molar-refractivity contribution in [2.24, 2.45) is 5.73 Å². The SMILES string of the molecule is C=CCCCCCCCCCCCC.NC1CNCCCNCCNCN1Cc1ccccc1. The zero-order valence-electron chi connectivity index (χ0n) is 22.2. The quantitative estimate of drug-likeness (QED) is 0.229. The minimum atomic E-state index is 0.0371. The Kier molecular flexibility index (Phi) is 21.3. The van der Waals surface area contributed by atoms with E-state index in [4.69, 9.17) is 5.73 Å². The lowest BCUT2D eigenvalue weighted by Crippen LogP contribution is -2.52. The molecule has 1 aromatic rings. The largest absolute Gasteiger partial charge is 0.315 e. The molecule has 0 aromatic heterocycles. The fraction of sp³-hybridized carbons (Fsp3) is 0.724. The first-order valence-corrected chi connectivity index (χ1v) is 14.0. The zero-order chi connectivity index (χ0) is 24.5. The smallest absolute Gasteiger partial charge is 0.0713 e. The summed E-state index contributed by atoms with van der Waals surface area (Å²) in [5, 5.41) is 10.3. The fourth-order valence-corrected chi connectivity index (χ4v) is 4.13. The first kappa shape index (κ1) is 30.8. The highest BCUT2D eigenvalue weighted by Gasteiger charge is 2.14. The number of hydrogen-bond acceptors (Lipinski definition) is 5. The number of benzene rings is 1. The number of rotatable bonds is 13. The van der Waals surface area contributed by atoms with E-state index in [2.05, 4.69) is 58.6 Å². The second kappa shape index (κ2) is 23.5. The van der Waals surface area contributed by atoms with Gasteiger partial charge in [-0.05, 0) is 37.9 Å². The number of allylic oxidation sites excluding steroid dienone is 1. The minimum absolute atomic E-state index is 0.0371. The van der Waals surface area contributed by atoms with Crippen molar-refractivity contribution < 1.29 is 0 Å². The van der Waals surface area contributed by atoms with Crippen LogP contribution in [-0.4, -0.2) is 50.5 Å². The number of nitrogens with zero attached hydrogens (tertiary/aromatic N) is 1. The molecule has 0 aliphatic carbocycles. The van der Waals surface area contributed by atoms with Crippen LogP contribution in [0.15, 0.2) is 43.0 Å². The van der Waals surface area contributed by atoms with Crippen LogP contribution in [0.3, 0.4) is 0 Å². The molecule has 1 aliphatic rings. The van der Waals surface area contributed by atoms with Gasteiger partial charge in [-0.3, -0.25) is 4.90 Å². The van der Waals surface area contributed by atoms with Gasteiger partial charge in [0.25, 0.3) is 0 Å². The monoisotopic (exact) mass is 473 g/mol. The summed E-state index contributed by atoms with van der Waals surface area (Å²) in [6.45, 7) is 12.6. The maximum atomic E-state index is 6.31. The molecule has 0 amide bonds. The van der Waals surface area contributed by atoms with Crippen LogP contribution in [0.4, 0.5) is 0 Å². The Labute approximate surface area is 211 Å². The van der Waals surface area contributed by atoms with Gasteiger partial charge in [0.1, 0.15) is 0 Å². The van der Waals surface area contributed by atoms with Crippen molar-refractivity contribution in [3.05, 3.63) is 48.6 Å². The summed E-state index contributed by atoms with van der Waals surface area (Å²) < 4.78 is 0. The number of hydrogen-bond donors (Lipinski definition) is 4. The van der Waals surface area contributed by atoms with E-state index in [1.54, 1.807) is 0 Å². The van der Waals surface area contributed by atoms with Crippen LogP contribution in [-0.2, 0) is 6.54 Å². The van der Waals surface area contributed by atoms with E-state index in [0.717, 1.165) is 52.4 Å². The molecule has 2 rings (SSSR count). The van der Waals surface area contributed by atoms with E-state index in [0.29, 0.717) is 0 Å². The number of nitrogens with one attached hydrogen (secondary N) is 3. The lowest BCUT2D eigenvalue weighted by Gasteiger charge is -2.30. The molecule has 34 heavy (non-hydrogen) atoms. The highest BCUT2D eigenvalue weighted by Crippen LogP contribution is 2.11. The highest BCUT2D eigenvalue weighted by atomic mass is 15.3. The Morgan fingerprint density at radius 1 is 0.853 bits per heavy atom. The highest BCUT2D eigenvalue weighted by molar-refractivity contribution is 5.14. The van der Waals surface area contributed by atoms with Gasteiger partial charge in [0, 0.05) is 32.8 Å². The van der Waals surface area contributed by atoms with E-state index in [1.807, 2.05) is 12.1 Å². The third-order valence-corrected chi connectivity index (χ3v) is 6.31. The summed E-state index contributed by atoms with van der Waals surface area (Å²) in [7, 11) is 0. The zero-order valence-corrected chi connectivity index (χ0v) is 22.2. The molecule has 1 aliphatic heterocycles. The van der Waals surface area contributed by atoms with Gasteiger partial charge >= 0.3 is 0 Å². The Hall–Kier alpha value is -1.24. The molecule has 0 radical (unpaired) electrons. The topological polar surface area (TPSA) is 65.3 Å². The van der Waals surface area contributed by atoms with Gasteiger partial charge < -0.3 is 21.7 Å². The first-order chi connectivity index (χ1) is 16.8. The molecule has 5 nitrogen and oxygen atoms in total. The molecule has 0 spiro atoms. The molecule has 1 saturated heterocycles. The Morgan fingerprint density at radius 2 is 1.47 bits per heavy atom. The fourth-order valence-electron chi connectivity index (χ4n) is 4.13. The second-order valence-electron chi connectivity index (χ2n) is 9.52. The maximum absolute atomic E-state index is 6.31. The Morgan fingerprint density at radius 3 is 2.15 bits per heavy atom. The molecule has 1 unspecified atom stereocenters. The van der Waals surface area contributed by atoms with Crippen molar-refractivity contribution >= 4 is 0 Å². The standard InChI is InChI=1S/C15H27N5.C14H28/c16-15-11-18-8-4-7-17-9-10-19-13-20(15)12-14-5-2-1-3-6-14;1-3-5-7-9-11-13-14-12-10-8-6-4-2/h1-3,5-6,15,17-19H,4,7-13,16H2;3H,1,4-14H2,2H3. The van der Waals surface area contributed by atoms with Gasteiger partial charge in [0.05, 0.1) is 6.17 Å². The first-order valence-electron chi connectivity index (χ1n) is 14.0.